The summed E-state index contributed by atoms with van der Waals surface area (Å²) in [5, 5.41) is 8.82. The number of nitrogens with zero attached hydrogens (tertiary/aromatic N) is 4. The SMILES string of the molecule is CCCN1C(=O)CN(CN2CC(=O)N(CCO)C2=O)C1=O. The van der Waals surface area contributed by atoms with Crippen LogP contribution in [0.4, 0.5) is 9.59 Å². The van der Waals surface area contributed by atoms with Crippen molar-refractivity contribution in [2.24, 2.45) is 0 Å². The molecule has 0 atom stereocenters. The number of hydrogen-bond acceptors (Lipinski definition) is 5. The molecular formula is C12H18N4O5. The molecule has 1 N–H and O–H groups in total. The maximum absolute atomic E-state index is 12.0. The third kappa shape index (κ3) is 2.82. The highest BCUT2D eigenvalue weighted by Gasteiger charge is 2.41. The summed E-state index contributed by atoms with van der Waals surface area (Å²) in [6, 6.07) is -0.994. The molecule has 2 aliphatic heterocycles. The molecule has 2 aliphatic rings. The zero-order chi connectivity index (χ0) is 15.6. The topological polar surface area (TPSA) is 101 Å². The van der Waals surface area contributed by atoms with Crippen LogP contribution in [0.1, 0.15) is 13.3 Å². The third-order valence-electron chi connectivity index (χ3n) is 3.37. The van der Waals surface area contributed by atoms with E-state index in [-0.39, 0.29) is 38.8 Å². The number of hydrogen-bond donors (Lipinski definition) is 1. The summed E-state index contributed by atoms with van der Waals surface area (Å²) in [5.41, 5.74) is 0. The Hall–Kier alpha value is -2.16. The van der Waals surface area contributed by atoms with Crippen molar-refractivity contribution in [2.45, 2.75) is 13.3 Å². The Balaban J connectivity index is 2.00. The molecule has 0 aromatic heterocycles. The zero-order valence-electron chi connectivity index (χ0n) is 11.8. The summed E-state index contributed by atoms with van der Waals surface area (Å²) >= 11 is 0. The largest absolute Gasteiger partial charge is 0.395 e. The van der Waals surface area contributed by atoms with Gasteiger partial charge in [-0.05, 0) is 6.42 Å². The Bertz CT molecular complexity index is 438. The summed E-state index contributed by atoms with van der Waals surface area (Å²) in [7, 11) is 0. The first-order valence-corrected chi connectivity index (χ1v) is 6.79. The minimum atomic E-state index is -0.553. The smallest absolute Gasteiger partial charge is 0.328 e. The Kier molecular flexibility index (Phi) is 4.41. The van der Waals surface area contributed by atoms with Gasteiger partial charge in [0.25, 0.3) is 0 Å². The third-order valence-corrected chi connectivity index (χ3v) is 3.37. The Morgan fingerprint density at radius 1 is 0.905 bits per heavy atom. The number of aliphatic hydroxyl groups is 1. The maximum Gasteiger partial charge on any atom is 0.328 e. The van der Waals surface area contributed by atoms with Crippen molar-refractivity contribution in [1.82, 2.24) is 19.6 Å². The van der Waals surface area contributed by atoms with Crippen LogP contribution in [0.5, 0.6) is 0 Å². The van der Waals surface area contributed by atoms with Gasteiger partial charge in [0.05, 0.1) is 13.2 Å². The van der Waals surface area contributed by atoms with Crippen molar-refractivity contribution in [3.8, 4) is 0 Å². The molecule has 116 valence electrons. The molecule has 0 saturated carbocycles. The number of aliphatic hydroxyl groups excluding tert-OH is 1. The number of rotatable bonds is 6. The number of carbonyl (C=O) groups is 4. The molecule has 6 amide bonds. The van der Waals surface area contributed by atoms with Crippen molar-refractivity contribution < 1.29 is 24.3 Å². The highest BCUT2D eigenvalue weighted by Crippen LogP contribution is 2.15. The lowest BCUT2D eigenvalue weighted by molar-refractivity contribution is -0.126. The number of imide groups is 2. The van der Waals surface area contributed by atoms with E-state index < -0.39 is 18.0 Å². The molecule has 2 heterocycles. The summed E-state index contributed by atoms with van der Waals surface area (Å²) in [6.45, 7) is 1.49. The van der Waals surface area contributed by atoms with Crippen molar-refractivity contribution in [1.29, 1.82) is 0 Å². The van der Waals surface area contributed by atoms with Crippen LogP contribution in [0.15, 0.2) is 0 Å². The Morgan fingerprint density at radius 2 is 1.38 bits per heavy atom. The van der Waals surface area contributed by atoms with E-state index in [1.807, 2.05) is 6.92 Å². The van der Waals surface area contributed by atoms with Gasteiger partial charge in [0.2, 0.25) is 11.8 Å². The van der Waals surface area contributed by atoms with Crippen LogP contribution in [-0.2, 0) is 9.59 Å². The van der Waals surface area contributed by atoms with Gasteiger partial charge in [-0.25, -0.2) is 9.59 Å². The molecule has 2 saturated heterocycles. The molecule has 2 fully saturated rings. The van der Waals surface area contributed by atoms with E-state index in [2.05, 4.69) is 0 Å². The normalized spacial score (nSPS) is 19.5. The minimum Gasteiger partial charge on any atom is -0.395 e. The van der Waals surface area contributed by atoms with E-state index >= 15 is 0 Å². The summed E-state index contributed by atoms with van der Waals surface area (Å²) in [6.07, 6.45) is 0.663. The lowest BCUT2D eigenvalue weighted by atomic mass is 10.4. The quantitative estimate of drug-likeness (QED) is 0.626. The molecule has 0 aliphatic carbocycles. The van der Waals surface area contributed by atoms with Gasteiger partial charge in [-0.2, -0.15) is 0 Å². The van der Waals surface area contributed by atoms with Gasteiger partial charge in [-0.15, -0.1) is 0 Å². The fourth-order valence-corrected chi connectivity index (χ4v) is 2.38. The van der Waals surface area contributed by atoms with Crippen molar-refractivity contribution >= 4 is 23.9 Å². The molecule has 0 radical (unpaired) electrons. The average molecular weight is 298 g/mol. The summed E-state index contributed by atoms with van der Waals surface area (Å²) < 4.78 is 0. The first kappa shape index (κ1) is 15.2. The molecule has 0 bridgehead atoms. The van der Waals surface area contributed by atoms with Crippen LogP contribution in [0.2, 0.25) is 0 Å². The molecule has 0 spiro atoms. The van der Waals surface area contributed by atoms with E-state index in [0.717, 1.165) is 9.80 Å². The monoisotopic (exact) mass is 298 g/mol. The Morgan fingerprint density at radius 3 is 1.81 bits per heavy atom. The van der Waals surface area contributed by atoms with Gasteiger partial charge in [0, 0.05) is 6.54 Å². The number of carbonyl (C=O) groups excluding carboxylic acids is 4. The van der Waals surface area contributed by atoms with Crippen LogP contribution < -0.4 is 0 Å². The molecule has 9 heteroatoms. The second kappa shape index (κ2) is 6.08. The van der Waals surface area contributed by atoms with Crippen molar-refractivity contribution in [2.75, 3.05) is 39.5 Å². The standard InChI is InChI=1S/C12H18N4O5/c1-2-3-15-9(18)6-13(11(15)20)8-14-7-10(19)16(4-5-17)12(14)21/h17H,2-8H2,1H3. The van der Waals surface area contributed by atoms with E-state index in [0.29, 0.717) is 13.0 Å². The van der Waals surface area contributed by atoms with Gasteiger partial charge in [0.15, 0.2) is 0 Å². The second-order valence-corrected chi connectivity index (χ2v) is 4.92. The number of urea groups is 2. The van der Waals surface area contributed by atoms with Crippen LogP contribution in [-0.4, -0.2) is 88.0 Å². The van der Waals surface area contributed by atoms with Gasteiger partial charge in [-0.1, -0.05) is 6.92 Å². The molecule has 0 unspecified atom stereocenters. The van der Waals surface area contributed by atoms with Crippen LogP contribution in [0.3, 0.4) is 0 Å². The molecule has 2 rings (SSSR count). The molecule has 0 aromatic rings. The first-order chi connectivity index (χ1) is 9.99. The fraction of sp³-hybridized carbons (Fsp3) is 0.667. The highest BCUT2D eigenvalue weighted by atomic mass is 16.3. The Labute approximate surface area is 121 Å². The predicted octanol–water partition coefficient (Wildman–Crippen LogP) is -1.13. The average Bonchev–Trinajstić information content (AvgIpc) is 2.85. The fourth-order valence-electron chi connectivity index (χ4n) is 2.38. The van der Waals surface area contributed by atoms with Gasteiger partial charge in [0.1, 0.15) is 19.8 Å². The summed E-state index contributed by atoms with van der Waals surface area (Å²) in [5.74, 6) is -0.718. The molecule has 9 nitrogen and oxygen atoms in total. The number of β-amino-alcohol motifs (C(OH)–C–C–N with tert-alkyl or cyclic N) is 1. The zero-order valence-corrected chi connectivity index (χ0v) is 11.8. The molecule has 0 aromatic carbocycles. The molecular weight excluding hydrogens is 280 g/mol. The van der Waals surface area contributed by atoms with Gasteiger partial charge in [-0.3, -0.25) is 29.2 Å². The minimum absolute atomic E-state index is 0.0665. The van der Waals surface area contributed by atoms with Gasteiger partial charge >= 0.3 is 12.1 Å². The second-order valence-electron chi connectivity index (χ2n) is 4.92. The number of amides is 6. The highest BCUT2D eigenvalue weighted by molar-refractivity contribution is 6.03. The lowest BCUT2D eigenvalue weighted by Gasteiger charge is -2.22. The van der Waals surface area contributed by atoms with E-state index in [1.165, 1.54) is 9.80 Å². The van der Waals surface area contributed by atoms with Crippen LogP contribution >= 0.6 is 0 Å². The lowest BCUT2D eigenvalue weighted by Crippen LogP contribution is -2.43. The van der Waals surface area contributed by atoms with Crippen LogP contribution in [0, 0.1) is 0 Å². The van der Waals surface area contributed by atoms with Gasteiger partial charge < -0.3 is 5.11 Å². The van der Waals surface area contributed by atoms with E-state index in [4.69, 9.17) is 5.11 Å². The molecule has 21 heavy (non-hydrogen) atoms. The predicted molar refractivity (Wildman–Crippen MR) is 69.9 cm³/mol. The van der Waals surface area contributed by atoms with E-state index in [1.54, 1.807) is 0 Å². The van der Waals surface area contributed by atoms with Crippen molar-refractivity contribution in [3.63, 3.8) is 0 Å². The summed E-state index contributed by atoms with van der Waals surface area (Å²) in [4.78, 5) is 51.9. The van der Waals surface area contributed by atoms with Crippen LogP contribution in [0.25, 0.3) is 0 Å². The van der Waals surface area contributed by atoms with Crippen molar-refractivity contribution in [3.05, 3.63) is 0 Å². The van der Waals surface area contributed by atoms with E-state index in [9.17, 15) is 19.2 Å². The maximum atomic E-state index is 12.0. The first-order valence-electron chi connectivity index (χ1n) is 6.79.